The maximum atomic E-state index is 13.3. The summed E-state index contributed by atoms with van der Waals surface area (Å²) in [6, 6.07) is 21.4. The lowest BCUT2D eigenvalue weighted by atomic mass is 10.0. The fourth-order valence-corrected chi connectivity index (χ4v) is 5.93. The lowest BCUT2D eigenvalue weighted by molar-refractivity contribution is -0.388. The highest BCUT2D eigenvalue weighted by Gasteiger charge is 2.38. The van der Waals surface area contributed by atoms with Crippen LogP contribution in [0.15, 0.2) is 72.8 Å². The van der Waals surface area contributed by atoms with E-state index in [0.29, 0.717) is 32.5 Å². The van der Waals surface area contributed by atoms with Gasteiger partial charge in [-0.1, -0.05) is 42.5 Å². The van der Waals surface area contributed by atoms with Crippen LogP contribution in [-0.4, -0.2) is 71.6 Å². The fraction of sp³-hybridized carbons (Fsp3) is 0.406. The molecule has 2 aliphatic heterocycles. The summed E-state index contributed by atoms with van der Waals surface area (Å²) in [5, 5.41) is 14.1. The highest BCUT2D eigenvalue weighted by atomic mass is 32.1. The van der Waals surface area contributed by atoms with Crippen LogP contribution in [0.3, 0.4) is 0 Å². The molecule has 0 spiro atoms. The van der Waals surface area contributed by atoms with Gasteiger partial charge in [0.25, 0.3) is 5.69 Å². The molecular formula is C32H36F3N5O3S. The summed E-state index contributed by atoms with van der Waals surface area (Å²) >= 11 is 5.74. The lowest BCUT2D eigenvalue weighted by Crippen LogP contribution is -2.48. The van der Waals surface area contributed by atoms with Crippen LogP contribution in [0.25, 0.3) is 0 Å². The second-order valence-corrected chi connectivity index (χ2v) is 11.6. The molecule has 0 aromatic heterocycles. The zero-order chi connectivity index (χ0) is 31.1. The molecule has 8 nitrogen and oxygen atoms in total. The summed E-state index contributed by atoms with van der Waals surface area (Å²) in [7, 11) is 0. The summed E-state index contributed by atoms with van der Waals surface area (Å²) in [6.45, 7) is 6.65. The predicted octanol–water partition coefficient (Wildman–Crippen LogP) is 6.61. The minimum atomic E-state index is -4.80. The van der Waals surface area contributed by atoms with Gasteiger partial charge in [0.15, 0.2) is 0 Å². The molecule has 0 bridgehead atoms. The van der Waals surface area contributed by atoms with Crippen LogP contribution < -0.4 is 15.0 Å². The number of likely N-dealkylation sites (tertiary alicyclic amines) is 1. The number of nitro groups is 1. The standard InChI is InChI=1S/C32H36F3N5O3S/c33-32(34,35)29-22-26(6-11-30(29)40(41)42)36-25-12-16-39(17-13-25)31(44)14-15-37-18-20-38(21-19-37)27-7-9-28(10-8-27)43-23-24-4-2-1-3-5-24/h1-11,22,25,36H,12-21,23H2. The third-order valence-electron chi connectivity index (χ3n) is 8.18. The van der Waals surface area contributed by atoms with Gasteiger partial charge < -0.3 is 19.9 Å². The maximum absolute atomic E-state index is 13.3. The summed E-state index contributed by atoms with van der Waals surface area (Å²) in [4.78, 5) is 17.9. The van der Waals surface area contributed by atoms with Gasteiger partial charge in [0.2, 0.25) is 0 Å². The van der Waals surface area contributed by atoms with Crippen LogP contribution >= 0.6 is 12.2 Å². The van der Waals surface area contributed by atoms with E-state index in [4.69, 9.17) is 17.0 Å². The zero-order valence-electron chi connectivity index (χ0n) is 24.3. The van der Waals surface area contributed by atoms with Crippen molar-refractivity contribution in [3.8, 4) is 5.75 Å². The van der Waals surface area contributed by atoms with Crippen molar-refractivity contribution in [3.05, 3.63) is 94.0 Å². The minimum absolute atomic E-state index is 0.0332. The molecule has 0 saturated carbocycles. The van der Waals surface area contributed by atoms with Gasteiger partial charge in [0.1, 0.15) is 17.9 Å². The second-order valence-electron chi connectivity index (χ2n) is 11.1. The van der Waals surface area contributed by atoms with Crippen LogP contribution in [0, 0.1) is 10.1 Å². The summed E-state index contributed by atoms with van der Waals surface area (Å²) in [6.07, 6.45) is -2.58. The number of hydrogen-bond donors (Lipinski definition) is 1. The van der Waals surface area contributed by atoms with Gasteiger partial charge in [-0.05, 0) is 54.8 Å². The predicted molar refractivity (Wildman–Crippen MR) is 169 cm³/mol. The number of thiocarbonyl (C=S) groups is 1. The monoisotopic (exact) mass is 627 g/mol. The quantitative estimate of drug-likeness (QED) is 0.153. The molecule has 2 fully saturated rings. The Balaban J connectivity index is 1.01. The second kappa shape index (κ2) is 14.3. The van der Waals surface area contributed by atoms with Crippen molar-refractivity contribution in [2.75, 3.05) is 56.0 Å². The van der Waals surface area contributed by atoms with Gasteiger partial charge in [0.05, 0.1) is 9.91 Å². The minimum Gasteiger partial charge on any atom is -0.489 e. The molecule has 2 aliphatic rings. The molecule has 0 amide bonds. The van der Waals surface area contributed by atoms with Crippen LogP contribution in [0.4, 0.5) is 30.2 Å². The van der Waals surface area contributed by atoms with Gasteiger partial charge in [-0.15, -0.1) is 0 Å². The van der Waals surface area contributed by atoms with Crippen LogP contribution in [-0.2, 0) is 12.8 Å². The first-order chi connectivity index (χ1) is 21.2. The number of hydrogen-bond acceptors (Lipinski definition) is 7. The molecule has 0 unspecified atom stereocenters. The van der Waals surface area contributed by atoms with Crippen molar-refractivity contribution < 1.29 is 22.8 Å². The van der Waals surface area contributed by atoms with E-state index in [9.17, 15) is 23.3 Å². The summed E-state index contributed by atoms with van der Waals surface area (Å²) < 4.78 is 45.9. The van der Waals surface area contributed by atoms with Crippen molar-refractivity contribution in [3.63, 3.8) is 0 Å². The van der Waals surface area contributed by atoms with E-state index in [1.807, 2.05) is 42.5 Å². The van der Waals surface area contributed by atoms with Crippen molar-refractivity contribution >= 4 is 34.3 Å². The van der Waals surface area contributed by atoms with E-state index in [1.165, 1.54) is 11.8 Å². The first-order valence-corrected chi connectivity index (χ1v) is 15.2. The first-order valence-electron chi connectivity index (χ1n) is 14.8. The van der Waals surface area contributed by atoms with Gasteiger partial charge >= 0.3 is 6.18 Å². The number of halogens is 3. The number of alkyl halides is 3. The molecular weight excluding hydrogens is 591 g/mol. The Labute approximate surface area is 260 Å². The largest absolute Gasteiger partial charge is 0.489 e. The number of piperidine rings is 1. The highest BCUT2D eigenvalue weighted by Crippen LogP contribution is 2.38. The van der Waals surface area contributed by atoms with Crippen molar-refractivity contribution in [2.24, 2.45) is 0 Å². The SMILES string of the molecule is O=[N+]([O-])c1ccc(NC2CCN(C(=S)CCN3CCN(c4ccc(OCc5ccccc5)cc4)CC3)CC2)cc1C(F)(F)F. The average molecular weight is 628 g/mol. The Morgan fingerprint density at radius 3 is 2.27 bits per heavy atom. The third kappa shape index (κ3) is 8.38. The van der Waals surface area contributed by atoms with Crippen LogP contribution in [0.1, 0.15) is 30.4 Å². The Hall–Kier alpha value is -3.90. The molecule has 44 heavy (non-hydrogen) atoms. The molecule has 3 aromatic carbocycles. The molecule has 0 atom stereocenters. The molecule has 0 aliphatic carbocycles. The van der Waals surface area contributed by atoms with E-state index >= 15 is 0 Å². The Morgan fingerprint density at radius 2 is 1.64 bits per heavy atom. The number of nitrogens with one attached hydrogen (secondary N) is 1. The Bertz CT molecular complexity index is 1410. The van der Waals surface area contributed by atoms with E-state index in [-0.39, 0.29) is 11.7 Å². The van der Waals surface area contributed by atoms with Crippen molar-refractivity contribution in [1.82, 2.24) is 9.80 Å². The molecule has 1 N–H and O–H groups in total. The number of rotatable bonds is 10. The third-order valence-corrected chi connectivity index (χ3v) is 8.64. The smallest absolute Gasteiger partial charge is 0.423 e. The van der Waals surface area contributed by atoms with Crippen LogP contribution in [0.2, 0.25) is 0 Å². The zero-order valence-corrected chi connectivity index (χ0v) is 25.2. The van der Waals surface area contributed by atoms with Gasteiger partial charge in [-0.2, -0.15) is 13.2 Å². The first kappa shape index (κ1) is 31.5. The Kier molecular flexibility index (Phi) is 10.2. The average Bonchev–Trinajstić information content (AvgIpc) is 3.03. The number of anilines is 2. The van der Waals surface area contributed by atoms with Gasteiger partial charge in [0, 0.05) is 75.7 Å². The summed E-state index contributed by atoms with van der Waals surface area (Å²) in [5.41, 5.74) is 0.374. The van der Waals surface area contributed by atoms with Gasteiger partial charge in [-0.3, -0.25) is 15.0 Å². The van der Waals surface area contributed by atoms with E-state index in [2.05, 4.69) is 32.1 Å². The number of nitro benzene ring substituents is 1. The number of benzene rings is 3. The van der Waals surface area contributed by atoms with E-state index in [1.54, 1.807) is 0 Å². The molecule has 234 valence electrons. The highest BCUT2D eigenvalue weighted by molar-refractivity contribution is 7.80. The topological polar surface area (TPSA) is 74.1 Å². The van der Waals surface area contributed by atoms with E-state index in [0.717, 1.165) is 67.6 Å². The number of piperazine rings is 1. The molecule has 2 saturated heterocycles. The van der Waals surface area contributed by atoms with Crippen LogP contribution in [0.5, 0.6) is 5.75 Å². The normalized spacial score (nSPS) is 16.5. The number of ether oxygens (including phenoxy) is 1. The lowest BCUT2D eigenvalue weighted by Gasteiger charge is -2.37. The Morgan fingerprint density at radius 1 is 0.955 bits per heavy atom. The van der Waals surface area contributed by atoms with E-state index < -0.39 is 22.4 Å². The molecule has 5 rings (SSSR count). The molecule has 0 radical (unpaired) electrons. The maximum Gasteiger partial charge on any atom is 0.423 e. The van der Waals surface area contributed by atoms with Crippen molar-refractivity contribution in [2.45, 2.75) is 38.1 Å². The summed E-state index contributed by atoms with van der Waals surface area (Å²) in [5.74, 6) is 0.853. The fourth-order valence-electron chi connectivity index (χ4n) is 5.66. The van der Waals surface area contributed by atoms with Gasteiger partial charge in [-0.25, -0.2) is 0 Å². The number of nitrogens with zero attached hydrogens (tertiary/aromatic N) is 4. The molecule has 2 heterocycles. The molecule has 3 aromatic rings. The van der Waals surface area contributed by atoms with Crippen molar-refractivity contribution in [1.29, 1.82) is 0 Å². The molecule has 12 heteroatoms.